The second-order valence-corrected chi connectivity index (χ2v) is 7.65. The molecule has 0 saturated carbocycles. The Hall–Kier alpha value is -2.61. The molecule has 28 heavy (non-hydrogen) atoms. The highest BCUT2D eigenvalue weighted by Crippen LogP contribution is 2.33. The maximum atomic E-state index is 12.8. The average Bonchev–Trinajstić information content (AvgIpc) is 3.44. The van der Waals surface area contributed by atoms with Crippen LogP contribution < -0.4 is 5.32 Å². The molecule has 2 fully saturated rings. The molecule has 0 unspecified atom stereocenters. The fraction of sp³-hybridized carbons (Fsp3) is 0.550. The van der Waals surface area contributed by atoms with Crippen molar-refractivity contribution in [3.8, 4) is 0 Å². The van der Waals surface area contributed by atoms with Crippen LogP contribution in [0.15, 0.2) is 24.4 Å². The van der Waals surface area contributed by atoms with Crippen molar-refractivity contribution in [2.24, 2.45) is 0 Å². The van der Waals surface area contributed by atoms with Gasteiger partial charge in [-0.2, -0.15) is 0 Å². The normalized spacial score (nSPS) is 22.0. The van der Waals surface area contributed by atoms with Crippen LogP contribution in [-0.4, -0.2) is 71.0 Å². The number of ether oxygens (including phenoxy) is 1. The second-order valence-electron chi connectivity index (χ2n) is 7.65. The van der Waals surface area contributed by atoms with Crippen LogP contribution >= 0.6 is 0 Å². The van der Waals surface area contributed by atoms with Crippen LogP contribution in [0.25, 0.3) is 5.52 Å². The predicted octanol–water partition coefficient (Wildman–Crippen LogP) is 2.06. The van der Waals surface area contributed by atoms with Gasteiger partial charge in [0.05, 0.1) is 17.7 Å². The van der Waals surface area contributed by atoms with Gasteiger partial charge in [0.15, 0.2) is 5.69 Å². The van der Waals surface area contributed by atoms with Crippen molar-refractivity contribution in [1.29, 1.82) is 0 Å². The van der Waals surface area contributed by atoms with Gasteiger partial charge in [-0.05, 0) is 37.8 Å². The van der Waals surface area contributed by atoms with E-state index < -0.39 is 0 Å². The number of nitrogens with zero attached hydrogens (tertiary/aromatic N) is 4. The van der Waals surface area contributed by atoms with Crippen molar-refractivity contribution in [2.45, 2.75) is 37.8 Å². The van der Waals surface area contributed by atoms with Gasteiger partial charge in [0.25, 0.3) is 5.91 Å². The molecule has 2 aliphatic heterocycles. The zero-order valence-electron chi connectivity index (χ0n) is 16.4. The summed E-state index contributed by atoms with van der Waals surface area (Å²) in [7, 11) is 3.51. The molecule has 2 aliphatic rings. The number of hydrogen-bond acceptors (Lipinski definition) is 4. The van der Waals surface area contributed by atoms with Crippen LogP contribution in [0.4, 0.5) is 4.79 Å². The molecule has 1 N–H and O–H groups in total. The molecule has 2 aromatic rings. The molecule has 0 aromatic carbocycles. The third-order valence-electron chi connectivity index (χ3n) is 5.48. The zero-order valence-corrected chi connectivity index (χ0v) is 16.4. The van der Waals surface area contributed by atoms with Gasteiger partial charge in [0.2, 0.25) is 0 Å². The molecular weight excluding hydrogens is 358 g/mol. The summed E-state index contributed by atoms with van der Waals surface area (Å²) in [4.78, 5) is 33.5. The van der Waals surface area contributed by atoms with Crippen molar-refractivity contribution in [3.63, 3.8) is 0 Å². The minimum absolute atomic E-state index is 0.0282. The first kappa shape index (κ1) is 18.7. The number of carbonyl (C=O) groups excluding carboxylic acids is 2. The summed E-state index contributed by atoms with van der Waals surface area (Å²) in [5, 5.41) is 2.96. The van der Waals surface area contributed by atoms with E-state index in [1.54, 1.807) is 19.0 Å². The summed E-state index contributed by atoms with van der Waals surface area (Å²) in [6, 6.07) is 5.54. The Morgan fingerprint density at radius 1 is 1.29 bits per heavy atom. The first-order valence-electron chi connectivity index (χ1n) is 9.91. The minimum Gasteiger partial charge on any atom is -0.376 e. The van der Waals surface area contributed by atoms with E-state index in [-0.39, 0.29) is 24.1 Å². The lowest BCUT2D eigenvalue weighted by molar-refractivity contribution is 0.0855. The van der Waals surface area contributed by atoms with Crippen LogP contribution in [0.1, 0.15) is 48.0 Å². The molecule has 0 bridgehead atoms. The molecule has 3 amide bonds. The Morgan fingerprint density at radius 2 is 2.14 bits per heavy atom. The summed E-state index contributed by atoms with van der Waals surface area (Å²) in [6.45, 7) is 1.95. The molecule has 150 valence electrons. The van der Waals surface area contributed by atoms with E-state index in [9.17, 15) is 9.59 Å². The highest BCUT2D eigenvalue weighted by Gasteiger charge is 2.35. The molecule has 0 spiro atoms. The number of fused-ring (bicyclic) bond motifs is 1. The van der Waals surface area contributed by atoms with E-state index in [0.717, 1.165) is 43.6 Å². The molecule has 4 heterocycles. The Labute approximate surface area is 164 Å². The summed E-state index contributed by atoms with van der Waals surface area (Å²) < 4.78 is 7.52. The lowest BCUT2D eigenvalue weighted by atomic mass is 10.2. The summed E-state index contributed by atoms with van der Waals surface area (Å²) in [6.07, 6.45) is 5.76. The van der Waals surface area contributed by atoms with Crippen molar-refractivity contribution >= 4 is 17.5 Å². The number of urea groups is 1. The number of rotatable bonds is 4. The van der Waals surface area contributed by atoms with Gasteiger partial charge in [0, 0.05) is 40.0 Å². The lowest BCUT2D eigenvalue weighted by Crippen LogP contribution is -2.39. The molecule has 0 radical (unpaired) electrons. The van der Waals surface area contributed by atoms with Crippen molar-refractivity contribution in [2.75, 3.05) is 33.8 Å². The number of imidazole rings is 1. The molecular formula is C20H27N5O3. The first-order chi connectivity index (χ1) is 13.6. The number of likely N-dealkylation sites (tertiary alicyclic amines) is 1. The van der Waals surface area contributed by atoms with Crippen molar-refractivity contribution in [1.82, 2.24) is 24.5 Å². The molecule has 2 aromatic heterocycles. The topological polar surface area (TPSA) is 79.2 Å². The highest BCUT2D eigenvalue weighted by molar-refractivity contribution is 5.99. The van der Waals surface area contributed by atoms with E-state index in [4.69, 9.17) is 9.72 Å². The molecule has 2 atom stereocenters. The van der Waals surface area contributed by atoms with Crippen LogP contribution in [-0.2, 0) is 4.74 Å². The standard InChI is InChI=1S/C20H27N5O3/c1-23(2)20(27)25-11-5-9-16(25)18-22-17(15-8-3-4-10-24(15)18)19(26)21-13-14-7-6-12-28-14/h3-4,8,10,14,16H,5-7,9,11-13H2,1-2H3,(H,21,26)/t14-,16-/m0/s1. The average molecular weight is 385 g/mol. The predicted molar refractivity (Wildman–Crippen MR) is 104 cm³/mol. The molecule has 8 heteroatoms. The summed E-state index contributed by atoms with van der Waals surface area (Å²) in [5.74, 6) is 0.541. The Kier molecular flexibility index (Phi) is 5.21. The van der Waals surface area contributed by atoms with Gasteiger partial charge in [-0.1, -0.05) is 6.07 Å². The quantitative estimate of drug-likeness (QED) is 0.874. The monoisotopic (exact) mass is 385 g/mol. The van der Waals surface area contributed by atoms with Crippen LogP contribution in [0.2, 0.25) is 0 Å². The minimum atomic E-state index is -0.200. The lowest BCUT2D eigenvalue weighted by Gasteiger charge is -2.27. The summed E-state index contributed by atoms with van der Waals surface area (Å²) >= 11 is 0. The molecule has 2 saturated heterocycles. The summed E-state index contributed by atoms with van der Waals surface area (Å²) in [5.41, 5.74) is 1.16. The van der Waals surface area contributed by atoms with E-state index in [1.807, 2.05) is 33.7 Å². The second kappa shape index (κ2) is 7.79. The van der Waals surface area contributed by atoms with Gasteiger partial charge < -0.3 is 24.3 Å². The van der Waals surface area contributed by atoms with E-state index in [0.29, 0.717) is 18.8 Å². The number of amides is 3. The maximum absolute atomic E-state index is 12.8. The van der Waals surface area contributed by atoms with Gasteiger partial charge in [-0.25, -0.2) is 9.78 Å². The fourth-order valence-electron chi connectivity index (χ4n) is 4.08. The molecule has 0 aliphatic carbocycles. The van der Waals surface area contributed by atoms with Crippen molar-refractivity contribution in [3.05, 3.63) is 35.9 Å². The van der Waals surface area contributed by atoms with E-state index in [1.165, 1.54) is 0 Å². The fourth-order valence-corrected chi connectivity index (χ4v) is 4.08. The number of aromatic nitrogens is 2. The van der Waals surface area contributed by atoms with Crippen molar-refractivity contribution < 1.29 is 14.3 Å². The van der Waals surface area contributed by atoms with Crippen LogP contribution in [0.5, 0.6) is 0 Å². The first-order valence-corrected chi connectivity index (χ1v) is 9.91. The largest absolute Gasteiger partial charge is 0.376 e. The van der Waals surface area contributed by atoms with Crippen LogP contribution in [0.3, 0.4) is 0 Å². The van der Waals surface area contributed by atoms with Crippen LogP contribution in [0, 0.1) is 0 Å². The third-order valence-corrected chi connectivity index (χ3v) is 5.48. The number of nitrogens with one attached hydrogen (secondary N) is 1. The van der Waals surface area contributed by atoms with Gasteiger partial charge in [-0.15, -0.1) is 0 Å². The zero-order chi connectivity index (χ0) is 19.7. The maximum Gasteiger partial charge on any atom is 0.320 e. The SMILES string of the molecule is CN(C)C(=O)N1CCC[C@H]1c1nc(C(=O)NC[C@@H]2CCCO2)c2ccccn12. The van der Waals surface area contributed by atoms with E-state index in [2.05, 4.69) is 5.32 Å². The highest BCUT2D eigenvalue weighted by atomic mass is 16.5. The number of pyridine rings is 1. The van der Waals surface area contributed by atoms with Gasteiger partial charge >= 0.3 is 6.03 Å². The smallest absolute Gasteiger partial charge is 0.320 e. The third kappa shape index (κ3) is 3.44. The van der Waals surface area contributed by atoms with E-state index >= 15 is 0 Å². The number of carbonyl (C=O) groups is 2. The number of hydrogen-bond donors (Lipinski definition) is 1. The Morgan fingerprint density at radius 3 is 2.89 bits per heavy atom. The Bertz CT molecular complexity index is 872. The Balaban J connectivity index is 1.62. The van der Waals surface area contributed by atoms with Gasteiger partial charge in [-0.3, -0.25) is 4.79 Å². The molecule has 4 rings (SSSR count). The van der Waals surface area contributed by atoms with Gasteiger partial charge in [0.1, 0.15) is 5.82 Å². The molecule has 8 nitrogen and oxygen atoms in total.